The first-order chi connectivity index (χ1) is 10.9. The molecule has 23 heavy (non-hydrogen) atoms. The average Bonchev–Trinajstić information content (AvgIpc) is 2.83. The fourth-order valence-corrected chi connectivity index (χ4v) is 1.69. The van der Waals surface area contributed by atoms with Gasteiger partial charge in [0.1, 0.15) is 11.9 Å². The lowest BCUT2D eigenvalue weighted by Gasteiger charge is -2.10. The zero-order valence-electron chi connectivity index (χ0n) is 11.6. The largest absolute Gasteiger partial charge is 0.416 e. The van der Waals surface area contributed by atoms with Crippen LogP contribution in [0.5, 0.6) is 0 Å². The molecule has 10 heteroatoms. The van der Waals surface area contributed by atoms with E-state index in [9.17, 15) is 18.8 Å². The summed E-state index contributed by atoms with van der Waals surface area (Å²) >= 11 is 0. The normalized spacial score (nSPS) is 16.3. The number of rotatable bonds is 3. The Morgan fingerprint density at radius 2 is 1.91 bits per heavy atom. The number of hydrogen-bond donors (Lipinski definition) is 5. The number of nitrogens with one attached hydrogen (secondary N) is 5. The fourth-order valence-electron chi connectivity index (χ4n) is 1.69. The molecule has 0 bridgehead atoms. The molecule has 1 aromatic carbocycles. The van der Waals surface area contributed by atoms with Gasteiger partial charge in [-0.25, -0.2) is 9.18 Å². The van der Waals surface area contributed by atoms with Crippen LogP contribution < -0.4 is 16.0 Å². The van der Waals surface area contributed by atoms with Crippen LogP contribution in [-0.4, -0.2) is 42.2 Å². The maximum absolute atomic E-state index is 12.8. The SMILES string of the molecule is N=C(OC(=N)c1ccc(F)cc1)C(=O)NCC1NC(=O)NC1=O. The van der Waals surface area contributed by atoms with Gasteiger partial charge in [0.2, 0.25) is 5.90 Å². The third kappa shape index (κ3) is 4.09. The van der Waals surface area contributed by atoms with Crippen LogP contribution in [0.3, 0.4) is 0 Å². The van der Waals surface area contributed by atoms with Crippen molar-refractivity contribution in [2.24, 2.45) is 0 Å². The van der Waals surface area contributed by atoms with E-state index in [2.05, 4.69) is 10.6 Å². The van der Waals surface area contributed by atoms with Crippen molar-refractivity contribution in [2.75, 3.05) is 6.54 Å². The summed E-state index contributed by atoms with van der Waals surface area (Å²) in [6.45, 7) is -0.230. The van der Waals surface area contributed by atoms with Gasteiger partial charge in [-0.2, -0.15) is 0 Å². The first-order valence-corrected chi connectivity index (χ1v) is 6.37. The van der Waals surface area contributed by atoms with E-state index in [1.807, 2.05) is 5.32 Å². The van der Waals surface area contributed by atoms with Crippen molar-refractivity contribution in [2.45, 2.75) is 6.04 Å². The zero-order chi connectivity index (χ0) is 17.0. The molecule has 0 radical (unpaired) electrons. The third-order valence-electron chi connectivity index (χ3n) is 2.84. The zero-order valence-corrected chi connectivity index (χ0v) is 11.6. The van der Waals surface area contributed by atoms with Crippen molar-refractivity contribution in [1.29, 1.82) is 10.8 Å². The van der Waals surface area contributed by atoms with Gasteiger partial charge in [-0.1, -0.05) is 0 Å². The van der Waals surface area contributed by atoms with Gasteiger partial charge in [0, 0.05) is 12.1 Å². The first kappa shape index (κ1) is 16.1. The van der Waals surface area contributed by atoms with Crippen LogP contribution >= 0.6 is 0 Å². The third-order valence-corrected chi connectivity index (χ3v) is 2.84. The van der Waals surface area contributed by atoms with E-state index in [0.29, 0.717) is 0 Å². The molecule has 1 aliphatic rings. The number of amides is 4. The Morgan fingerprint density at radius 3 is 2.48 bits per heavy atom. The lowest BCUT2D eigenvalue weighted by atomic mass is 10.2. The minimum absolute atomic E-state index is 0.186. The van der Waals surface area contributed by atoms with Crippen LogP contribution in [0, 0.1) is 16.6 Å². The Kier molecular flexibility index (Phi) is 4.64. The first-order valence-electron chi connectivity index (χ1n) is 6.37. The average molecular weight is 321 g/mol. The van der Waals surface area contributed by atoms with Crippen molar-refractivity contribution in [3.05, 3.63) is 35.6 Å². The molecule has 0 aliphatic carbocycles. The quantitative estimate of drug-likeness (QED) is 0.289. The number of hydrogen-bond acceptors (Lipinski definition) is 6. The van der Waals surface area contributed by atoms with E-state index >= 15 is 0 Å². The number of imide groups is 1. The molecule has 0 spiro atoms. The molecule has 1 atom stereocenters. The lowest BCUT2D eigenvalue weighted by Crippen LogP contribution is -2.44. The van der Waals surface area contributed by atoms with Gasteiger partial charge in [0.15, 0.2) is 0 Å². The number of carbonyl (C=O) groups excluding carboxylic acids is 3. The molecule has 4 amide bonds. The van der Waals surface area contributed by atoms with E-state index in [0.717, 1.165) is 12.1 Å². The Morgan fingerprint density at radius 1 is 1.26 bits per heavy atom. The highest BCUT2D eigenvalue weighted by molar-refractivity contribution is 6.36. The lowest BCUT2D eigenvalue weighted by molar-refractivity contribution is -0.120. The minimum Gasteiger partial charge on any atom is -0.416 e. The van der Waals surface area contributed by atoms with Gasteiger partial charge in [0.25, 0.3) is 11.8 Å². The van der Waals surface area contributed by atoms with Crippen LogP contribution in [0.2, 0.25) is 0 Å². The highest BCUT2D eigenvalue weighted by Gasteiger charge is 2.30. The molecule has 5 N–H and O–H groups in total. The summed E-state index contributed by atoms with van der Waals surface area (Å²) in [5, 5.41) is 21.5. The van der Waals surface area contributed by atoms with E-state index in [1.165, 1.54) is 12.1 Å². The number of halogens is 1. The summed E-state index contributed by atoms with van der Waals surface area (Å²) < 4.78 is 17.5. The van der Waals surface area contributed by atoms with Crippen molar-refractivity contribution in [3.8, 4) is 0 Å². The van der Waals surface area contributed by atoms with E-state index in [1.54, 1.807) is 0 Å². The molecule has 1 aromatic rings. The van der Waals surface area contributed by atoms with Crippen molar-refractivity contribution in [3.63, 3.8) is 0 Å². The molecule has 0 saturated carbocycles. The Bertz CT molecular complexity index is 688. The Hall–Kier alpha value is -3.30. The second-order valence-corrected chi connectivity index (χ2v) is 4.49. The second-order valence-electron chi connectivity index (χ2n) is 4.49. The molecule has 1 aliphatic heterocycles. The molecule has 0 aromatic heterocycles. The highest BCUT2D eigenvalue weighted by Crippen LogP contribution is 2.04. The molecule has 1 fully saturated rings. The van der Waals surface area contributed by atoms with Gasteiger partial charge < -0.3 is 15.4 Å². The van der Waals surface area contributed by atoms with E-state index < -0.39 is 41.5 Å². The van der Waals surface area contributed by atoms with Crippen LogP contribution in [0.25, 0.3) is 0 Å². The maximum Gasteiger partial charge on any atom is 0.322 e. The van der Waals surface area contributed by atoms with Crippen LogP contribution in [0.4, 0.5) is 9.18 Å². The summed E-state index contributed by atoms with van der Waals surface area (Å²) in [5.74, 6) is -3.43. The number of benzene rings is 1. The van der Waals surface area contributed by atoms with Gasteiger partial charge in [-0.15, -0.1) is 0 Å². The fraction of sp³-hybridized carbons (Fsp3) is 0.154. The van der Waals surface area contributed by atoms with Crippen LogP contribution in [0.1, 0.15) is 5.56 Å². The van der Waals surface area contributed by atoms with Gasteiger partial charge in [-0.3, -0.25) is 25.7 Å². The predicted octanol–water partition coefficient (Wildman–Crippen LogP) is -0.531. The minimum atomic E-state index is -0.967. The molecular formula is C13H12FN5O4. The second kappa shape index (κ2) is 6.64. The summed E-state index contributed by atoms with van der Waals surface area (Å²) in [4.78, 5) is 33.8. The molecule has 1 heterocycles. The predicted molar refractivity (Wildman–Crippen MR) is 75.5 cm³/mol. The Labute approximate surface area is 129 Å². The topological polar surface area (TPSA) is 144 Å². The van der Waals surface area contributed by atoms with Gasteiger partial charge in [0.05, 0.1) is 0 Å². The van der Waals surface area contributed by atoms with E-state index in [4.69, 9.17) is 15.6 Å². The number of ether oxygens (including phenoxy) is 1. The molecule has 2 rings (SSSR count). The van der Waals surface area contributed by atoms with Gasteiger partial charge >= 0.3 is 11.9 Å². The summed E-state index contributed by atoms with van der Waals surface area (Å²) in [6.07, 6.45) is 0. The summed E-state index contributed by atoms with van der Waals surface area (Å²) in [5.41, 5.74) is 0.186. The van der Waals surface area contributed by atoms with Crippen molar-refractivity contribution in [1.82, 2.24) is 16.0 Å². The van der Waals surface area contributed by atoms with Crippen molar-refractivity contribution >= 4 is 29.6 Å². The summed E-state index contributed by atoms with van der Waals surface area (Å²) in [7, 11) is 0. The van der Waals surface area contributed by atoms with Crippen molar-refractivity contribution < 1.29 is 23.5 Å². The van der Waals surface area contributed by atoms with E-state index in [-0.39, 0.29) is 12.1 Å². The number of urea groups is 1. The van der Waals surface area contributed by atoms with Gasteiger partial charge in [-0.05, 0) is 24.3 Å². The molecular weight excluding hydrogens is 309 g/mol. The molecule has 1 unspecified atom stereocenters. The monoisotopic (exact) mass is 321 g/mol. The van der Waals surface area contributed by atoms with Crippen LogP contribution in [-0.2, 0) is 14.3 Å². The maximum atomic E-state index is 12.8. The smallest absolute Gasteiger partial charge is 0.322 e. The molecule has 120 valence electrons. The molecule has 9 nitrogen and oxygen atoms in total. The summed E-state index contributed by atoms with van der Waals surface area (Å²) in [6, 6.07) is 3.15. The molecule has 1 saturated heterocycles. The number of carbonyl (C=O) groups is 3. The Balaban J connectivity index is 1.84. The van der Waals surface area contributed by atoms with Crippen LogP contribution in [0.15, 0.2) is 24.3 Å². The highest BCUT2D eigenvalue weighted by atomic mass is 19.1. The standard InChI is InChI=1S/C13H12FN5O4/c14-7-3-1-6(2-4-7)9(15)23-10(16)12(21)17-5-8-11(20)19-13(22)18-8/h1-4,8,15-16H,5H2,(H,17,21)(H2,18,19,20,22).